The van der Waals surface area contributed by atoms with Gasteiger partial charge in [-0.2, -0.15) is 5.10 Å². The summed E-state index contributed by atoms with van der Waals surface area (Å²) in [5.74, 6) is 1.31. The van der Waals surface area contributed by atoms with Gasteiger partial charge in [-0.15, -0.1) is 0 Å². The number of carbonyl (C=O) groups is 1. The molecule has 2 aliphatic rings. The van der Waals surface area contributed by atoms with E-state index in [4.69, 9.17) is 5.10 Å². The van der Waals surface area contributed by atoms with Gasteiger partial charge in [0.1, 0.15) is 5.52 Å². The van der Waals surface area contributed by atoms with Crippen LogP contribution in [0.1, 0.15) is 56.6 Å². The molecule has 0 spiro atoms. The SMILES string of the molecule is O=C(CCC1CCCC1)NCCn1nc(C2CCNC2)c2nccnc21. The zero-order chi connectivity index (χ0) is 17.8. The summed E-state index contributed by atoms with van der Waals surface area (Å²) in [6.07, 6.45) is 11.4. The van der Waals surface area contributed by atoms with Crippen LogP contribution in [0.5, 0.6) is 0 Å². The fraction of sp³-hybridized carbons (Fsp3) is 0.684. The van der Waals surface area contributed by atoms with Crippen LogP contribution in [-0.2, 0) is 11.3 Å². The Morgan fingerprint density at radius 1 is 1.23 bits per heavy atom. The molecule has 26 heavy (non-hydrogen) atoms. The summed E-state index contributed by atoms with van der Waals surface area (Å²) in [6.45, 7) is 3.18. The van der Waals surface area contributed by atoms with Crippen LogP contribution in [0.4, 0.5) is 0 Å². The molecular formula is C19H28N6O. The van der Waals surface area contributed by atoms with E-state index in [9.17, 15) is 4.79 Å². The van der Waals surface area contributed by atoms with Crippen LogP contribution in [0.25, 0.3) is 11.2 Å². The lowest BCUT2D eigenvalue weighted by atomic mass is 10.0. The number of aromatic nitrogens is 4. The molecule has 140 valence electrons. The van der Waals surface area contributed by atoms with Crippen LogP contribution in [-0.4, -0.2) is 45.3 Å². The minimum atomic E-state index is 0.152. The highest BCUT2D eigenvalue weighted by Crippen LogP contribution is 2.28. The topological polar surface area (TPSA) is 84.7 Å². The Morgan fingerprint density at radius 3 is 2.88 bits per heavy atom. The first kappa shape index (κ1) is 17.4. The number of nitrogens with zero attached hydrogens (tertiary/aromatic N) is 4. The summed E-state index contributed by atoms with van der Waals surface area (Å²) in [7, 11) is 0. The lowest BCUT2D eigenvalue weighted by Crippen LogP contribution is -2.27. The van der Waals surface area contributed by atoms with Gasteiger partial charge in [0.25, 0.3) is 0 Å². The minimum absolute atomic E-state index is 0.152. The van der Waals surface area contributed by atoms with E-state index in [-0.39, 0.29) is 5.91 Å². The van der Waals surface area contributed by atoms with E-state index < -0.39 is 0 Å². The van der Waals surface area contributed by atoms with Crippen LogP contribution >= 0.6 is 0 Å². The first-order valence-electron chi connectivity index (χ1n) is 9.96. The molecule has 1 saturated heterocycles. The van der Waals surface area contributed by atoms with Crippen molar-refractivity contribution >= 4 is 17.1 Å². The average molecular weight is 356 g/mol. The van der Waals surface area contributed by atoms with Crippen LogP contribution in [0.2, 0.25) is 0 Å². The molecule has 7 nitrogen and oxygen atoms in total. The van der Waals surface area contributed by atoms with Gasteiger partial charge in [0, 0.05) is 37.8 Å². The van der Waals surface area contributed by atoms with Gasteiger partial charge in [0.2, 0.25) is 5.91 Å². The Kier molecular flexibility index (Phi) is 5.43. The molecule has 2 fully saturated rings. The molecular weight excluding hydrogens is 328 g/mol. The number of hydrogen-bond acceptors (Lipinski definition) is 5. The van der Waals surface area contributed by atoms with Crippen molar-refractivity contribution in [2.45, 2.75) is 57.4 Å². The monoisotopic (exact) mass is 356 g/mol. The number of carbonyl (C=O) groups excluding carboxylic acids is 1. The van der Waals surface area contributed by atoms with Gasteiger partial charge < -0.3 is 10.6 Å². The van der Waals surface area contributed by atoms with Gasteiger partial charge >= 0.3 is 0 Å². The van der Waals surface area contributed by atoms with E-state index in [0.29, 0.717) is 25.4 Å². The second-order valence-corrected chi connectivity index (χ2v) is 7.57. The van der Waals surface area contributed by atoms with Crippen molar-refractivity contribution < 1.29 is 4.79 Å². The summed E-state index contributed by atoms with van der Waals surface area (Å²) in [5.41, 5.74) is 2.74. The molecule has 1 saturated carbocycles. The van der Waals surface area contributed by atoms with E-state index >= 15 is 0 Å². The highest BCUT2D eigenvalue weighted by molar-refractivity contribution is 5.76. The summed E-state index contributed by atoms with van der Waals surface area (Å²) in [5, 5.41) is 11.2. The second kappa shape index (κ2) is 8.12. The minimum Gasteiger partial charge on any atom is -0.354 e. The van der Waals surface area contributed by atoms with Gasteiger partial charge in [0.15, 0.2) is 5.65 Å². The maximum Gasteiger partial charge on any atom is 0.220 e. The summed E-state index contributed by atoms with van der Waals surface area (Å²) in [4.78, 5) is 21.1. The molecule has 2 aromatic heterocycles. The first-order valence-corrected chi connectivity index (χ1v) is 9.96. The molecule has 0 aromatic carbocycles. The van der Waals surface area contributed by atoms with E-state index in [1.165, 1.54) is 25.7 Å². The quantitative estimate of drug-likeness (QED) is 0.792. The molecule has 4 rings (SSSR count). The molecule has 1 amide bonds. The molecule has 0 radical (unpaired) electrons. The summed E-state index contributed by atoms with van der Waals surface area (Å²) in [6, 6.07) is 0. The second-order valence-electron chi connectivity index (χ2n) is 7.57. The molecule has 1 aliphatic heterocycles. The molecule has 2 N–H and O–H groups in total. The number of amides is 1. The smallest absolute Gasteiger partial charge is 0.220 e. The average Bonchev–Trinajstić information content (AvgIpc) is 3.41. The Hall–Kier alpha value is -2.02. The van der Waals surface area contributed by atoms with Crippen LogP contribution in [0, 0.1) is 5.92 Å². The zero-order valence-electron chi connectivity index (χ0n) is 15.3. The van der Waals surface area contributed by atoms with E-state index in [1.807, 2.05) is 4.68 Å². The van der Waals surface area contributed by atoms with Gasteiger partial charge in [-0.1, -0.05) is 25.7 Å². The molecule has 0 bridgehead atoms. The summed E-state index contributed by atoms with van der Waals surface area (Å²) < 4.78 is 1.90. The predicted octanol–water partition coefficient (Wildman–Crippen LogP) is 1.99. The third kappa shape index (κ3) is 3.87. The lowest BCUT2D eigenvalue weighted by molar-refractivity contribution is -0.121. The van der Waals surface area contributed by atoms with Crippen molar-refractivity contribution in [3.8, 4) is 0 Å². The maximum atomic E-state index is 12.1. The highest BCUT2D eigenvalue weighted by Gasteiger charge is 2.24. The molecule has 1 atom stereocenters. The Morgan fingerprint density at radius 2 is 2.08 bits per heavy atom. The summed E-state index contributed by atoms with van der Waals surface area (Å²) >= 11 is 0. The van der Waals surface area contributed by atoms with Crippen molar-refractivity contribution in [1.29, 1.82) is 0 Å². The number of nitrogens with one attached hydrogen (secondary N) is 2. The Labute approximate surface area is 154 Å². The van der Waals surface area contributed by atoms with Crippen molar-refractivity contribution in [2.75, 3.05) is 19.6 Å². The van der Waals surface area contributed by atoms with Crippen LogP contribution in [0.15, 0.2) is 12.4 Å². The fourth-order valence-corrected chi connectivity index (χ4v) is 4.27. The molecule has 1 aliphatic carbocycles. The molecule has 2 aromatic rings. The van der Waals surface area contributed by atoms with E-state index in [1.54, 1.807) is 12.4 Å². The number of fused-ring (bicyclic) bond motifs is 1. The predicted molar refractivity (Wildman–Crippen MR) is 99.8 cm³/mol. The number of hydrogen-bond donors (Lipinski definition) is 2. The normalized spacial score (nSPS) is 20.8. The largest absolute Gasteiger partial charge is 0.354 e. The van der Waals surface area contributed by atoms with Gasteiger partial charge in [-0.25, -0.2) is 14.6 Å². The number of rotatable bonds is 7. The van der Waals surface area contributed by atoms with Gasteiger partial charge in [-0.3, -0.25) is 4.79 Å². The van der Waals surface area contributed by atoms with E-state index in [2.05, 4.69) is 20.6 Å². The van der Waals surface area contributed by atoms with E-state index in [0.717, 1.165) is 48.7 Å². The van der Waals surface area contributed by atoms with Crippen molar-refractivity contribution in [3.63, 3.8) is 0 Å². The van der Waals surface area contributed by atoms with Crippen LogP contribution < -0.4 is 10.6 Å². The molecule has 1 unspecified atom stereocenters. The zero-order valence-corrected chi connectivity index (χ0v) is 15.3. The third-order valence-corrected chi connectivity index (χ3v) is 5.74. The van der Waals surface area contributed by atoms with Crippen molar-refractivity contribution in [1.82, 2.24) is 30.4 Å². The Bertz CT molecular complexity index is 746. The van der Waals surface area contributed by atoms with Crippen LogP contribution in [0.3, 0.4) is 0 Å². The van der Waals surface area contributed by atoms with Gasteiger partial charge in [-0.05, 0) is 25.3 Å². The fourth-order valence-electron chi connectivity index (χ4n) is 4.27. The standard InChI is InChI=1S/C19H28N6O/c26-16(6-5-14-3-1-2-4-14)21-11-12-25-19-18(22-9-10-23-19)17(24-25)15-7-8-20-13-15/h9-10,14-15,20H,1-8,11-13H2,(H,21,26). The molecule has 7 heteroatoms. The maximum absolute atomic E-state index is 12.1. The lowest BCUT2D eigenvalue weighted by Gasteiger charge is -2.09. The van der Waals surface area contributed by atoms with Crippen molar-refractivity contribution in [2.24, 2.45) is 5.92 Å². The molecule has 3 heterocycles. The van der Waals surface area contributed by atoms with Gasteiger partial charge in [0.05, 0.1) is 12.2 Å². The first-order chi connectivity index (χ1) is 12.8. The van der Waals surface area contributed by atoms with Crippen molar-refractivity contribution in [3.05, 3.63) is 18.1 Å². The third-order valence-electron chi connectivity index (χ3n) is 5.74. The Balaban J connectivity index is 1.34. The highest BCUT2D eigenvalue weighted by atomic mass is 16.1.